The fourth-order valence-electron chi connectivity index (χ4n) is 1.50. The third kappa shape index (κ3) is 2.57. The van der Waals surface area contributed by atoms with Crippen molar-refractivity contribution in [3.05, 3.63) is 42.5 Å². The van der Waals surface area contributed by atoms with Crippen molar-refractivity contribution in [2.45, 2.75) is 4.90 Å². The van der Waals surface area contributed by atoms with Crippen LogP contribution in [0.3, 0.4) is 0 Å². The molecular formula is C11H10CaO3S. The van der Waals surface area contributed by atoms with Gasteiger partial charge in [0.15, 0.2) is 0 Å². The van der Waals surface area contributed by atoms with E-state index in [9.17, 15) is 8.42 Å². The van der Waals surface area contributed by atoms with Gasteiger partial charge in [-0.05, 0) is 11.5 Å². The third-order valence-corrected chi connectivity index (χ3v) is 3.57. The molecule has 0 N–H and O–H groups in total. The molecule has 3 nitrogen and oxygen atoms in total. The Kier molecular flexibility index (Phi) is 4.76. The zero-order chi connectivity index (χ0) is 10.9. The van der Waals surface area contributed by atoms with Crippen LogP contribution in [-0.4, -0.2) is 53.3 Å². The van der Waals surface area contributed by atoms with Gasteiger partial charge in [-0.1, -0.05) is 36.4 Å². The second kappa shape index (κ2) is 5.47. The van der Waals surface area contributed by atoms with E-state index in [-0.39, 0.29) is 42.6 Å². The SMILES string of the molecule is COS(=O)(=O)c1cccc2ccccc12.[Ca]. The van der Waals surface area contributed by atoms with Gasteiger partial charge in [0.1, 0.15) is 4.90 Å². The van der Waals surface area contributed by atoms with Crippen LogP contribution < -0.4 is 0 Å². The van der Waals surface area contributed by atoms with Crippen LogP contribution in [0.5, 0.6) is 0 Å². The molecule has 0 amide bonds. The van der Waals surface area contributed by atoms with Crippen LogP contribution in [-0.2, 0) is 14.3 Å². The average Bonchev–Trinajstić information content (AvgIpc) is 2.28. The van der Waals surface area contributed by atoms with Gasteiger partial charge in [-0.2, -0.15) is 8.42 Å². The molecular weight excluding hydrogens is 252 g/mol. The summed E-state index contributed by atoms with van der Waals surface area (Å²) in [4.78, 5) is 0.211. The maximum absolute atomic E-state index is 11.6. The molecule has 0 aliphatic rings. The molecule has 2 rings (SSSR count). The van der Waals surface area contributed by atoms with Crippen LogP contribution in [0.1, 0.15) is 0 Å². The maximum Gasteiger partial charge on any atom is 0.297 e. The number of fused-ring (bicyclic) bond motifs is 1. The second-order valence-electron chi connectivity index (χ2n) is 3.10. The van der Waals surface area contributed by atoms with Gasteiger partial charge in [0, 0.05) is 43.1 Å². The van der Waals surface area contributed by atoms with E-state index in [0.717, 1.165) is 12.5 Å². The number of benzene rings is 2. The van der Waals surface area contributed by atoms with Crippen molar-refractivity contribution in [2.75, 3.05) is 7.11 Å². The van der Waals surface area contributed by atoms with Gasteiger partial charge >= 0.3 is 0 Å². The Morgan fingerprint density at radius 1 is 1.00 bits per heavy atom. The molecule has 0 spiro atoms. The summed E-state index contributed by atoms with van der Waals surface area (Å²) in [7, 11) is -2.46. The minimum atomic E-state index is -3.62. The Morgan fingerprint density at radius 3 is 2.31 bits per heavy atom. The van der Waals surface area contributed by atoms with Gasteiger partial charge in [-0.15, -0.1) is 0 Å². The summed E-state index contributed by atoms with van der Waals surface area (Å²) >= 11 is 0. The van der Waals surface area contributed by atoms with Crippen molar-refractivity contribution in [2.24, 2.45) is 0 Å². The first-order chi connectivity index (χ1) is 7.15. The molecule has 0 unspecified atom stereocenters. The molecule has 0 bridgehead atoms. The molecule has 5 heteroatoms. The Balaban J connectivity index is 0.00000128. The first-order valence-corrected chi connectivity index (χ1v) is 5.84. The number of rotatable bonds is 2. The van der Waals surface area contributed by atoms with Crippen LogP contribution in [0.25, 0.3) is 10.8 Å². The summed E-state index contributed by atoms with van der Waals surface area (Å²) in [5, 5.41) is 1.57. The second-order valence-corrected chi connectivity index (χ2v) is 4.78. The van der Waals surface area contributed by atoms with Crippen LogP contribution in [0.15, 0.2) is 47.4 Å². The van der Waals surface area contributed by atoms with Crippen molar-refractivity contribution in [1.82, 2.24) is 0 Å². The molecule has 80 valence electrons. The Bertz CT molecular complexity index is 588. The van der Waals surface area contributed by atoms with E-state index in [1.54, 1.807) is 24.3 Å². The predicted octanol–water partition coefficient (Wildman–Crippen LogP) is 1.79. The smallest absolute Gasteiger partial charge is 0.270 e. The van der Waals surface area contributed by atoms with Crippen LogP contribution in [0, 0.1) is 0 Å². The zero-order valence-electron chi connectivity index (χ0n) is 8.88. The summed E-state index contributed by atoms with van der Waals surface area (Å²) in [5.41, 5.74) is 0. The minimum absolute atomic E-state index is 0. The monoisotopic (exact) mass is 262 g/mol. The summed E-state index contributed by atoms with van der Waals surface area (Å²) in [6.45, 7) is 0. The van der Waals surface area contributed by atoms with Crippen molar-refractivity contribution in [3.8, 4) is 0 Å². The van der Waals surface area contributed by atoms with Crippen molar-refractivity contribution >= 4 is 58.6 Å². The standard InChI is InChI=1S/C11H10O3S.Ca/c1-14-15(12,13)11-8-4-6-9-5-2-3-7-10(9)11;/h2-8H,1H3;. The first kappa shape index (κ1) is 13.9. The summed E-state index contributed by atoms with van der Waals surface area (Å²) in [6.07, 6.45) is 0. The molecule has 0 aliphatic carbocycles. The minimum Gasteiger partial charge on any atom is -0.270 e. The fraction of sp³-hybridized carbons (Fsp3) is 0.0909. The van der Waals surface area contributed by atoms with Gasteiger partial charge in [-0.3, -0.25) is 4.18 Å². The topological polar surface area (TPSA) is 43.4 Å². The van der Waals surface area contributed by atoms with Crippen LogP contribution >= 0.6 is 0 Å². The Morgan fingerprint density at radius 2 is 1.62 bits per heavy atom. The molecule has 0 heterocycles. The van der Waals surface area contributed by atoms with Crippen molar-refractivity contribution in [3.63, 3.8) is 0 Å². The normalized spacial score (nSPS) is 11.1. The van der Waals surface area contributed by atoms with Gasteiger partial charge in [0.2, 0.25) is 0 Å². The van der Waals surface area contributed by atoms with Gasteiger partial charge in [0.25, 0.3) is 10.1 Å². The van der Waals surface area contributed by atoms with E-state index in [1.807, 2.05) is 18.2 Å². The molecule has 0 atom stereocenters. The molecule has 0 saturated heterocycles. The Labute approximate surface area is 125 Å². The van der Waals surface area contributed by atoms with Gasteiger partial charge in [-0.25, -0.2) is 0 Å². The molecule has 0 saturated carbocycles. The zero-order valence-corrected chi connectivity index (χ0v) is 11.9. The fourth-order valence-corrected chi connectivity index (χ4v) is 2.38. The van der Waals surface area contributed by atoms with Crippen molar-refractivity contribution < 1.29 is 12.6 Å². The van der Waals surface area contributed by atoms with E-state index in [2.05, 4.69) is 4.18 Å². The summed E-state index contributed by atoms with van der Waals surface area (Å²) in [5.74, 6) is 0. The van der Waals surface area contributed by atoms with E-state index >= 15 is 0 Å². The van der Waals surface area contributed by atoms with E-state index in [0.29, 0.717) is 5.39 Å². The summed E-state index contributed by atoms with van der Waals surface area (Å²) in [6, 6.07) is 12.4. The largest absolute Gasteiger partial charge is 0.297 e. The Hall–Kier alpha value is -0.130. The van der Waals surface area contributed by atoms with Crippen molar-refractivity contribution in [1.29, 1.82) is 0 Å². The molecule has 0 aliphatic heterocycles. The quantitative estimate of drug-likeness (QED) is 0.612. The predicted molar refractivity (Wildman–Crippen MR) is 63.9 cm³/mol. The van der Waals surface area contributed by atoms with E-state index < -0.39 is 10.1 Å². The summed E-state index contributed by atoms with van der Waals surface area (Å²) < 4.78 is 27.7. The maximum atomic E-state index is 11.6. The molecule has 2 radical (unpaired) electrons. The van der Waals surface area contributed by atoms with Gasteiger partial charge < -0.3 is 0 Å². The number of hydrogen-bond acceptors (Lipinski definition) is 3. The molecule has 0 aromatic heterocycles. The molecule has 16 heavy (non-hydrogen) atoms. The third-order valence-electron chi connectivity index (χ3n) is 2.24. The van der Waals surface area contributed by atoms with Crippen LogP contribution in [0.2, 0.25) is 0 Å². The first-order valence-electron chi connectivity index (χ1n) is 4.43. The molecule has 0 fully saturated rings. The van der Waals surface area contributed by atoms with Crippen LogP contribution in [0.4, 0.5) is 0 Å². The molecule has 2 aromatic rings. The average molecular weight is 262 g/mol. The van der Waals surface area contributed by atoms with E-state index in [1.165, 1.54) is 0 Å². The van der Waals surface area contributed by atoms with E-state index in [4.69, 9.17) is 0 Å². The molecule has 2 aromatic carbocycles. The number of hydrogen-bond donors (Lipinski definition) is 0. The van der Waals surface area contributed by atoms with Gasteiger partial charge in [0.05, 0.1) is 7.11 Å².